The molecule has 0 saturated heterocycles. The van der Waals surface area contributed by atoms with Gasteiger partial charge in [0.05, 0.1) is 16.6 Å². The minimum absolute atomic E-state index is 0.126. The third-order valence-electron chi connectivity index (χ3n) is 4.25. The van der Waals surface area contributed by atoms with Crippen molar-refractivity contribution in [3.63, 3.8) is 0 Å². The first-order valence-electron chi connectivity index (χ1n) is 8.12. The Bertz CT molecular complexity index is 836. The Morgan fingerprint density at radius 2 is 2.28 bits per heavy atom. The van der Waals surface area contributed by atoms with Gasteiger partial charge in [-0.3, -0.25) is 9.59 Å². The van der Waals surface area contributed by atoms with Gasteiger partial charge in [-0.15, -0.1) is 23.1 Å². The second kappa shape index (κ2) is 6.78. The summed E-state index contributed by atoms with van der Waals surface area (Å²) in [7, 11) is 2.08. The molecule has 0 fully saturated rings. The van der Waals surface area contributed by atoms with Gasteiger partial charge in [-0.1, -0.05) is 12.1 Å². The van der Waals surface area contributed by atoms with Crippen LogP contribution in [0.5, 0.6) is 0 Å². The number of carbonyl (C=O) groups is 2. The van der Waals surface area contributed by atoms with Crippen molar-refractivity contribution in [2.24, 2.45) is 0 Å². The van der Waals surface area contributed by atoms with Crippen LogP contribution < -0.4 is 10.6 Å². The third kappa shape index (κ3) is 3.56. The number of nitrogens with zero attached hydrogens (tertiary/aromatic N) is 2. The zero-order chi connectivity index (χ0) is 17.4. The average molecular weight is 374 g/mol. The summed E-state index contributed by atoms with van der Waals surface area (Å²) in [6, 6.07) is 7.63. The summed E-state index contributed by atoms with van der Waals surface area (Å²) < 4.78 is 0. The Kier molecular flexibility index (Phi) is 4.49. The summed E-state index contributed by atoms with van der Waals surface area (Å²) in [6.45, 7) is 1.86. The van der Waals surface area contributed by atoms with Crippen LogP contribution in [0.1, 0.15) is 17.0 Å². The van der Waals surface area contributed by atoms with Crippen molar-refractivity contribution >= 4 is 45.7 Å². The number of amides is 2. The summed E-state index contributed by atoms with van der Waals surface area (Å²) in [4.78, 5) is 33.5. The Labute approximate surface area is 154 Å². The van der Waals surface area contributed by atoms with Gasteiger partial charge in [-0.2, -0.15) is 0 Å². The van der Waals surface area contributed by atoms with E-state index in [9.17, 15) is 9.59 Å². The highest BCUT2D eigenvalue weighted by molar-refractivity contribution is 8.01. The molecule has 3 heterocycles. The molecule has 2 aliphatic rings. The normalized spacial score (nSPS) is 19.7. The number of nitrogens with one attached hydrogen (secondary N) is 2. The topological polar surface area (TPSA) is 74.3 Å². The zero-order valence-corrected chi connectivity index (χ0v) is 15.4. The molecule has 25 heavy (non-hydrogen) atoms. The van der Waals surface area contributed by atoms with Crippen molar-refractivity contribution in [2.45, 2.75) is 29.5 Å². The first kappa shape index (κ1) is 16.6. The number of carbonyl (C=O) groups excluding carboxylic acids is 2. The fourth-order valence-corrected chi connectivity index (χ4v) is 5.16. The van der Waals surface area contributed by atoms with Gasteiger partial charge in [-0.25, -0.2) is 4.98 Å². The van der Waals surface area contributed by atoms with Crippen LogP contribution in [0.4, 0.5) is 10.8 Å². The van der Waals surface area contributed by atoms with E-state index < -0.39 is 5.25 Å². The van der Waals surface area contributed by atoms with Gasteiger partial charge in [0, 0.05) is 35.7 Å². The molecule has 130 valence electrons. The van der Waals surface area contributed by atoms with E-state index in [-0.39, 0.29) is 18.2 Å². The molecule has 8 heteroatoms. The molecular weight excluding hydrogens is 356 g/mol. The molecule has 1 aromatic carbocycles. The van der Waals surface area contributed by atoms with Crippen molar-refractivity contribution in [1.82, 2.24) is 9.88 Å². The number of benzene rings is 1. The number of fused-ring (bicyclic) bond motifs is 2. The highest BCUT2D eigenvalue weighted by atomic mass is 32.2. The molecule has 4 rings (SSSR count). The fraction of sp³-hybridized carbons (Fsp3) is 0.353. The molecule has 1 atom stereocenters. The molecule has 0 radical (unpaired) electrons. The number of hydrogen-bond acceptors (Lipinski definition) is 6. The lowest BCUT2D eigenvalue weighted by molar-refractivity contribution is -0.120. The number of hydrogen-bond donors (Lipinski definition) is 2. The van der Waals surface area contributed by atoms with Gasteiger partial charge in [0.2, 0.25) is 11.8 Å². The maximum Gasteiger partial charge on any atom is 0.238 e. The van der Waals surface area contributed by atoms with Gasteiger partial charge >= 0.3 is 0 Å². The second-order valence-electron chi connectivity index (χ2n) is 6.22. The highest BCUT2D eigenvalue weighted by Crippen LogP contribution is 2.37. The van der Waals surface area contributed by atoms with E-state index in [2.05, 4.69) is 27.6 Å². The molecule has 1 aromatic heterocycles. The first-order chi connectivity index (χ1) is 12.1. The van der Waals surface area contributed by atoms with Crippen LogP contribution >= 0.6 is 23.1 Å². The first-order valence-corrected chi connectivity index (χ1v) is 9.81. The molecule has 2 amide bonds. The van der Waals surface area contributed by atoms with Crippen LogP contribution in [-0.4, -0.2) is 40.5 Å². The monoisotopic (exact) mass is 374 g/mol. The minimum atomic E-state index is -0.421. The number of thiazole rings is 1. The van der Waals surface area contributed by atoms with Crippen molar-refractivity contribution in [3.05, 3.63) is 34.8 Å². The summed E-state index contributed by atoms with van der Waals surface area (Å²) in [6.07, 6.45) is 1.05. The lowest BCUT2D eigenvalue weighted by Crippen LogP contribution is -2.32. The minimum Gasteiger partial charge on any atom is -0.324 e. The van der Waals surface area contributed by atoms with E-state index >= 15 is 0 Å². The molecule has 2 aliphatic heterocycles. The smallest absolute Gasteiger partial charge is 0.238 e. The van der Waals surface area contributed by atoms with Gasteiger partial charge in [0.15, 0.2) is 5.13 Å². The average Bonchev–Trinajstić information content (AvgIpc) is 2.96. The molecule has 0 spiro atoms. The van der Waals surface area contributed by atoms with E-state index in [0.717, 1.165) is 35.8 Å². The van der Waals surface area contributed by atoms with E-state index in [0.29, 0.717) is 5.13 Å². The number of aromatic nitrogens is 1. The molecule has 2 N–H and O–H groups in total. The molecule has 0 saturated carbocycles. The van der Waals surface area contributed by atoms with Gasteiger partial charge < -0.3 is 15.5 Å². The van der Waals surface area contributed by atoms with Crippen molar-refractivity contribution in [3.8, 4) is 0 Å². The predicted octanol–water partition coefficient (Wildman–Crippen LogP) is 2.57. The Morgan fingerprint density at radius 1 is 1.44 bits per heavy atom. The Balaban J connectivity index is 1.40. The van der Waals surface area contributed by atoms with Crippen LogP contribution in [0.15, 0.2) is 29.2 Å². The van der Waals surface area contributed by atoms with Crippen molar-refractivity contribution in [1.29, 1.82) is 0 Å². The van der Waals surface area contributed by atoms with Crippen LogP contribution in [0, 0.1) is 0 Å². The maximum absolute atomic E-state index is 12.4. The Hall–Kier alpha value is -1.90. The zero-order valence-electron chi connectivity index (χ0n) is 13.7. The largest absolute Gasteiger partial charge is 0.324 e. The number of thioether (sulfide) groups is 1. The van der Waals surface area contributed by atoms with Crippen LogP contribution in [-0.2, 0) is 22.6 Å². The summed E-state index contributed by atoms with van der Waals surface area (Å²) in [5.74, 6) is -0.301. The summed E-state index contributed by atoms with van der Waals surface area (Å²) >= 11 is 2.96. The lowest BCUT2D eigenvalue weighted by atomic mass is 10.2. The molecule has 0 bridgehead atoms. The van der Waals surface area contributed by atoms with Crippen molar-refractivity contribution in [2.75, 3.05) is 24.2 Å². The second-order valence-corrected chi connectivity index (χ2v) is 8.55. The molecule has 0 aliphatic carbocycles. The van der Waals surface area contributed by atoms with E-state index in [1.165, 1.54) is 28.0 Å². The lowest BCUT2D eigenvalue weighted by Gasteiger charge is -2.23. The Morgan fingerprint density at radius 3 is 3.16 bits per heavy atom. The van der Waals surface area contributed by atoms with E-state index in [1.807, 2.05) is 24.3 Å². The molecule has 2 aromatic rings. The summed E-state index contributed by atoms with van der Waals surface area (Å²) in [5.41, 5.74) is 1.89. The highest BCUT2D eigenvalue weighted by Gasteiger charge is 2.29. The third-order valence-corrected chi connectivity index (χ3v) is 6.52. The SMILES string of the molecule is CN1CCc2nc(NC(=O)C[C@H]3Sc4ccccc4NC3=O)sc2C1. The number of anilines is 2. The fourth-order valence-electron chi connectivity index (χ4n) is 2.94. The number of likely N-dealkylation sites (N-methyl/N-ethyl adjacent to an activating group) is 1. The number of rotatable bonds is 3. The van der Waals surface area contributed by atoms with Crippen LogP contribution in [0.2, 0.25) is 0 Å². The quantitative estimate of drug-likeness (QED) is 0.864. The van der Waals surface area contributed by atoms with Gasteiger partial charge in [0.25, 0.3) is 0 Å². The predicted molar refractivity (Wildman–Crippen MR) is 100 cm³/mol. The maximum atomic E-state index is 12.4. The summed E-state index contributed by atoms with van der Waals surface area (Å²) in [5, 5.41) is 5.94. The molecule has 6 nitrogen and oxygen atoms in total. The van der Waals surface area contributed by atoms with E-state index in [1.54, 1.807) is 0 Å². The van der Waals surface area contributed by atoms with E-state index in [4.69, 9.17) is 0 Å². The molecule has 0 unspecified atom stereocenters. The molecular formula is C17H18N4O2S2. The van der Waals surface area contributed by atoms with Crippen LogP contribution in [0.25, 0.3) is 0 Å². The van der Waals surface area contributed by atoms with Gasteiger partial charge in [-0.05, 0) is 19.2 Å². The van der Waals surface area contributed by atoms with Crippen molar-refractivity contribution < 1.29 is 9.59 Å². The van der Waals surface area contributed by atoms with Gasteiger partial charge in [0.1, 0.15) is 0 Å². The van der Waals surface area contributed by atoms with Crippen LogP contribution in [0.3, 0.4) is 0 Å². The standard InChI is InChI=1S/C17H18N4O2S2/c1-21-7-6-11-14(9-21)25-17(19-11)20-15(22)8-13-16(23)18-10-4-2-3-5-12(10)24-13/h2-5,13H,6-9H2,1H3,(H,18,23)(H,19,20,22)/t13-/m1/s1. The number of para-hydroxylation sites is 1.